The Kier molecular flexibility index (Phi) is 13.3. The van der Waals surface area contributed by atoms with Gasteiger partial charge in [-0.05, 0) is 92.6 Å². The highest BCUT2D eigenvalue weighted by atomic mass is 32.2. The zero-order chi connectivity index (χ0) is 38.8. The first-order valence-corrected chi connectivity index (χ1v) is 18.9. The second-order valence-electron chi connectivity index (χ2n) is 11.6. The molecule has 0 bridgehead atoms. The van der Waals surface area contributed by atoms with Gasteiger partial charge in [-0.25, -0.2) is 26.3 Å². The van der Waals surface area contributed by atoms with E-state index in [2.05, 4.69) is 10.6 Å². The molecule has 1 saturated carbocycles. The van der Waals surface area contributed by atoms with Gasteiger partial charge in [0, 0.05) is 24.4 Å². The minimum Gasteiger partial charge on any atom is -0.496 e. The van der Waals surface area contributed by atoms with Crippen LogP contribution in [-0.2, 0) is 29.6 Å². The van der Waals surface area contributed by atoms with Crippen molar-refractivity contribution in [3.05, 3.63) is 113 Å². The molecule has 0 radical (unpaired) electrons. The third-order valence-corrected chi connectivity index (χ3v) is 10.2. The molecule has 0 spiro atoms. The van der Waals surface area contributed by atoms with Crippen molar-refractivity contribution in [2.24, 2.45) is 0 Å². The molecule has 4 aromatic carbocycles. The Bertz CT molecular complexity index is 2190. The number of amides is 4. The lowest BCUT2D eigenvalue weighted by molar-refractivity contribution is -0.119. The number of rotatable bonds is 13. The molecule has 4 aromatic rings. The Labute approximate surface area is 307 Å². The standard InChI is InChI=1S/C19H20N2O5S.C17H18N2O6S/c1-12-3-10-17(26-2)16(11-12)19(23)21-27(24,25)15-8-4-13(5-9-15)18(22)20-14-6-7-14;1-24-11-16(20)18-12-7-9-13(10-8-12)26(22,23)19-17(21)14-5-3-4-6-15(14)25-2/h3-5,8-11,14H,6-7H2,1-2H3,(H,20,22)(H,21,23);3-10H,11H2,1-2H3,(H,18,20)(H,19,21). The highest BCUT2D eigenvalue weighted by Gasteiger charge is 2.25. The summed E-state index contributed by atoms with van der Waals surface area (Å²) in [5.41, 5.74) is 1.79. The van der Waals surface area contributed by atoms with Gasteiger partial charge in [-0.2, -0.15) is 0 Å². The summed E-state index contributed by atoms with van der Waals surface area (Å²) >= 11 is 0. The van der Waals surface area contributed by atoms with Gasteiger partial charge in [0.2, 0.25) is 5.91 Å². The highest BCUT2D eigenvalue weighted by Crippen LogP contribution is 2.22. The zero-order valence-corrected chi connectivity index (χ0v) is 30.8. The molecule has 1 fully saturated rings. The van der Waals surface area contributed by atoms with Crippen LogP contribution in [0, 0.1) is 6.92 Å². The molecule has 0 atom stereocenters. The van der Waals surface area contributed by atoms with Crippen molar-refractivity contribution in [2.75, 3.05) is 33.3 Å². The Morgan fingerprint density at radius 2 is 1.19 bits per heavy atom. The fourth-order valence-electron chi connectivity index (χ4n) is 4.63. The number of sulfonamides is 2. The van der Waals surface area contributed by atoms with Crippen molar-refractivity contribution < 1.29 is 50.2 Å². The molecule has 1 aliphatic rings. The van der Waals surface area contributed by atoms with Gasteiger partial charge in [-0.15, -0.1) is 0 Å². The number of hydrogen-bond donors (Lipinski definition) is 4. The SMILES string of the molecule is COCC(=O)Nc1ccc(S(=O)(=O)NC(=O)c2ccccc2OC)cc1.COc1ccc(C)cc1C(=O)NS(=O)(=O)c1ccc(C(=O)NC2CC2)cc1. The van der Waals surface area contributed by atoms with Crippen LogP contribution < -0.4 is 29.6 Å². The summed E-state index contributed by atoms with van der Waals surface area (Å²) in [5, 5.41) is 5.37. The maximum atomic E-state index is 12.5. The van der Waals surface area contributed by atoms with Gasteiger partial charge in [0.25, 0.3) is 37.8 Å². The average molecular weight is 767 g/mol. The van der Waals surface area contributed by atoms with Gasteiger partial charge in [-0.1, -0.05) is 23.8 Å². The van der Waals surface area contributed by atoms with E-state index in [-0.39, 0.29) is 56.9 Å². The first-order chi connectivity index (χ1) is 25.2. The number of carbonyl (C=O) groups is 4. The Hall–Kier alpha value is -5.78. The number of benzene rings is 4. The van der Waals surface area contributed by atoms with E-state index >= 15 is 0 Å². The zero-order valence-electron chi connectivity index (χ0n) is 29.2. The molecule has 0 unspecified atom stereocenters. The summed E-state index contributed by atoms with van der Waals surface area (Å²) in [6, 6.07) is 22.2. The molecular weight excluding hydrogens is 729 g/mol. The van der Waals surface area contributed by atoms with Crippen LogP contribution in [-0.4, -0.2) is 74.4 Å². The Morgan fingerprint density at radius 3 is 1.74 bits per heavy atom. The topological polar surface area (TPSA) is 212 Å². The summed E-state index contributed by atoms with van der Waals surface area (Å²) in [5.74, 6) is -1.66. The van der Waals surface area contributed by atoms with Gasteiger partial charge in [0.1, 0.15) is 18.1 Å². The Balaban J connectivity index is 0.000000237. The molecule has 4 amide bonds. The first kappa shape index (κ1) is 40.0. The number of para-hydroxylation sites is 1. The van der Waals surface area contributed by atoms with E-state index in [0.29, 0.717) is 11.3 Å². The summed E-state index contributed by atoms with van der Waals surface area (Å²) in [7, 11) is -3.99. The fourth-order valence-corrected chi connectivity index (χ4v) is 6.56. The lowest BCUT2D eigenvalue weighted by atomic mass is 10.1. The van der Waals surface area contributed by atoms with Gasteiger partial charge in [0.05, 0.1) is 35.1 Å². The molecule has 0 aliphatic heterocycles. The van der Waals surface area contributed by atoms with E-state index in [4.69, 9.17) is 14.2 Å². The highest BCUT2D eigenvalue weighted by molar-refractivity contribution is 7.90. The molecule has 53 heavy (non-hydrogen) atoms. The van der Waals surface area contributed by atoms with Crippen LogP contribution >= 0.6 is 0 Å². The monoisotopic (exact) mass is 766 g/mol. The average Bonchev–Trinajstić information content (AvgIpc) is 3.96. The molecular formula is C36H38N4O11S2. The van der Waals surface area contributed by atoms with E-state index in [1.54, 1.807) is 43.3 Å². The molecule has 0 heterocycles. The molecule has 4 N–H and O–H groups in total. The summed E-state index contributed by atoms with van der Waals surface area (Å²) < 4.78 is 68.6. The predicted molar refractivity (Wildman–Crippen MR) is 194 cm³/mol. The summed E-state index contributed by atoms with van der Waals surface area (Å²) in [6.07, 6.45) is 1.93. The summed E-state index contributed by atoms with van der Waals surface area (Å²) in [6.45, 7) is 1.67. The van der Waals surface area contributed by atoms with Crippen LogP contribution in [0.15, 0.2) is 101 Å². The number of ether oxygens (including phenoxy) is 3. The smallest absolute Gasteiger partial charge is 0.268 e. The number of hydrogen-bond acceptors (Lipinski definition) is 11. The molecule has 1 aliphatic carbocycles. The molecule has 280 valence electrons. The summed E-state index contributed by atoms with van der Waals surface area (Å²) in [4.78, 5) is 47.9. The number of aryl methyl sites for hydroxylation is 1. The number of nitrogens with one attached hydrogen (secondary N) is 4. The van der Waals surface area contributed by atoms with Gasteiger partial charge in [0.15, 0.2) is 0 Å². The molecule has 15 nitrogen and oxygen atoms in total. The molecule has 5 rings (SSSR count). The van der Waals surface area contributed by atoms with Crippen LogP contribution in [0.2, 0.25) is 0 Å². The first-order valence-electron chi connectivity index (χ1n) is 15.9. The van der Waals surface area contributed by atoms with Crippen molar-refractivity contribution in [2.45, 2.75) is 35.6 Å². The van der Waals surface area contributed by atoms with Crippen molar-refractivity contribution in [3.63, 3.8) is 0 Å². The van der Waals surface area contributed by atoms with E-state index in [1.165, 1.54) is 75.9 Å². The van der Waals surface area contributed by atoms with Crippen molar-refractivity contribution in [1.82, 2.24) is 14.8 Å². The Morgan fingerprint density at radius 1 is 0.660 bits per heavy atom. The van der Waals surface area contributed by atoms with E-state index in [9.17, 15) is 36.0 Å². The lowest BCUT2D eigenvalue weighted by Crippen LogP contribution is -2.31. The van der Waals surface area contributed by atoms with E-state index in [0.717, 1.165) is 18.4 Å². The van der Waals surface area contributed by atoms with Gasteiger partial charge >= 0.3 is 0 Å². The van der Waals surface area contributed by atoms with Crippen LogP contribution in [0.5, 0.6) is 11.5 Å². The van der Waals surface area contributed by atoms with Crippen LogP contribution in [0.3, 0.4) is 0 Å². The second kappa shape index (κ2) is 17.6. The number of carbonyl (C=O) groups excluding carboxylic acids is 4. The van der Waals surface area contributed by atoms with Gasteiger partial charge < -0.3 is 24.8 Å². The maximum absolute atomic E-state index is 12.5. The van der Waals surface area contributed by atoms with E-state index in [1.807, 2.05) is 9.44 Å². The normalized spacial score (nSPS) is 12.3. The third-order valence-electron chi connectivity index (χ3n) is 7.47. The lowest BCUT2D eigenvalue weighted by Gasteiger charge is -2.11. The van der Waals surface area contributed by atoms with Crippen LogP contribution in [0.1, 0.15) is 49.5 Å². The van der Waals surface area contributed by atoms with Crippen LogP contribution in [0.4, 0.5) is 5.69 Å². The minimum atomic E-state index is -4.09. The van der Waals surface area contributed by atoms with Crippen molar-refractivity contribution in [1.29, 1.82) is 0 Å². The number of methoxy groups -OCH3 is 3. The van der Waals surface area contributed by atoms with Crippen molar-refractivity contribution >= 4 is 49.4 Å². The third kappa shape index (κ3) is 11.1. The quantitative estimate of drug-likeness (QED) is 0.155. The van der Waals surface area contributed by atoms with E-state index < -0.39 is 31.9 Å². The number of anilines is 1. The van der Waals surface area contributed by atoms with Gasteiger partial charge in [-0.3, -0.25) is 19.2 Å². The fraction of sp³-hybridized carbons (Fsp3) is 0.222. The molecule has 0 aromatic heterocycles. The van der Waals surface area contributed by atoms with Crippen molar-refractivity contribution in [3.8, 4) is 11.5 Å². The molecule has 17 heteroatoms. The predicted octanol–water partition coefficient (Wildman–Crippen LogP) is 3.41. The second-order valence-corrected chi connectivity index (χ2v) is 14.9. The minimum absolute atomic E-state index is 0.0991. The van der Waals surface area contributed by atoms with Crippen LogP contribution in [0.25, 0.3) is 0 Å². The maximum Gasteiger partial charge on any atom is 0.268 e. The molecule has 0 saturated heterocycles. The largest absolute Gasteiger partial charge is 0.496 e.